The number of unbranched alkanes of at least 4 members (excludes halogenated alkanes) is 12. The van der Waals surface area contributed by atoms with Crippen molar-refractivity contribution in [2.45, 2.75) is 237 Å². The van der Waals surface area contributed by atoms with Gasteiger partial charge in [-0.3, -0.25) is 14.4 Å². The van der Waals surface area contributed by atoms with E-state index in [0.717, 1.165) is 141 Å². The summed E-state index contributed by atoms with van der Waals surface area (Å²) < 4.78 is 28.3. The van der Waals surface area contributed by atoms with E-state index in [1.807, 2.05) is 0 Å². The SMILES string of the molecule is CC/C=C\C/C=C\C/C=C\C/C=C\C/C=C\CCCCCC(=O)OCC(COC1OC(C(=O)O)C(O)C(O)C1OC(=O)CCCCC/C=C\C/C=C\C/C=C\CC)OC(=O)CCCCCCC/C=C\C/C=C\CCC. The van der Waals surface area contributed by atoms with Crippen LogP contribution in [0.5, 0.6) is 0 Å². The minimum Gasteiger partial charge on any atom is -0.479 e. The van der Waals surface area contributed by atoms with Crippen LogP contribution in [0.25, 0.3) is 0 Å². The maximum atomic E-state index is 13.1. The molecule has 1 rings (SSSR count). The molecule has 0 radical (unpaired) electrons. The summed E-state index contributed by atoms with van der Waals surface area (Å²) >= 11 is 0. The number of rotatable bonds is 46. The second kappa shape index (κ2) is 50.0. The lowest BCUT2D eigenvalue weighted by Crippen LogP contribution is -2.61. The van der Waals surface area contributed by atoms with Crippen LogP contribution in [-0.2, 0) is 42.9 Å². The summed E-state index contributed by atoms with van der Waals surface area (Å²) in [7, 11) is 0. The second-order valence-corrected chi connectivity index (χ2v) is 18.8. The zero-order chi connectivity index (χ0) is 54.7. The van der Waals surface area contributed by atoms with Crippen LogP contribution >= 0.6 is 0 Å². The maximum Gasteiger partial charge on any atom is 0.335 e. The molecule has 0 bridgehead atoms. The summed E-state index contributed by atoms with van der Waals surface area (Å²) in [5.41, 5.74) is 0. The van der Waals surface area contributed by atoms with Crippen molar-refractivity contribution < 1.29 is 58.2 Å². The van der Waals surface area contributed by atoms with E-state index in [-0.39, 0.29) is 25.9 Å². The Labute approximate surface area is 452 Å². The van der Waals surface area contributed by atoms with Gasteiger partial charge in [-0.2, -0.15) is 0 Å². The first-order valence-corrected chi connectivity index (χ1v) is 28.5. The van der Waals surface area contributed by atoms with Gasteiger partial charge in [0.05, 0.1) is 6.61 Å². The maximum absolute atomic E-state index is 13.1. The van der Waals surface area contributed by atoms with Gasteiger partial charge in [0, 0.05) is 19.3 Å². The largest absolute Gasteiger partial charge is 0.479 e. The van der Waals surface area contributed by atoms with Gasteiger partial charge in [-0.05, 0) is 122 Å². The van der Waals surface area contributed by atoms with Crippen molar-refractivity contribution in [1.29, 1.82) is 0 Å². The first-order chi connectivity index (χ1) is 36.6. The fraction of sp³-hybridized carbons (Fsp3) is 0.619. The summed E-state index contributed by atoms with van der Waals surface area (Å²) in [4.78, 5) is 51.0. The molecule has 1 aliphatic heterocycles. The van der Waals surface area contributed by atoms with Gasteiger partial charge in [-0.25, -0.2) is 4.79 Å². The lowest BCUT2D eigenvalue weighted by Gasteiger charge is -2.40. The third-order valence-electron chi connectivity index (χ3n) is 12.0. The molecule has 12 nitrogen and oxygen atoms in total. The number of aliphatic hydroxyl groups excluding tert-OH is 2. The Kier molecular flexibility index (Phi) is 45.4. The molecule has 422 valence electrons. The lowest BCUT2D eigenvalue weighted by atomic mass is 9.98. The van der Waals surface area contributed by atoms with Gasteiger partial charge >= 0.3 is 23.9 Å². The molecule has 1 heterocycles. The lowest BCUT2D eigenvalue weighted by molar-refractivity contribution is -0.301. The summed E-state index contributed by atoms with van der Waals surface area (Å²) in [6, 6.07) is 0. The van der Waals surface area contributed by atoms with Crippen LogP contribution in [0, 0.1) is 0 Å². The van der Waals surface area contributed by atoms with E-state index in [1.54, 1.807) is 0 Å². The van der Waals surface area contributed by atoms with Gasteiger partial charge in [0.1, 0.15) is 18.8 Å². The first-order valence-electron chi connectivity index (χ1n) is 28.5. The van der Waals surface area contributed by atoms with Gasteiger partial charge in [0.25, 0.3) is 0 Å². The fourth-order valence-electron chi connectivity index (χ4n) is 7.68. The van der Waals surface area contributed by atoms with Gasteiger partial charge in [-0.1, -0.05) is 181 Å². The number of ether oxygens (including phenoxy) is 5. The van der Waals surface area contributed by atoms with Crippen LogP contribution in [0.3, 0.4) is 0 Å². The van der Waals surface area contributed by atoms with E-state index in [9.17, 15) is 34.5 Å². The quantitative estimate of drug-likeness (QED) is 0.0228. The van der Waals surface area contributed by atoms with Crippen molar-refractivity contribution in [3.8, 4) is 0 Å². The zero-order valence-corrected chi connectivity index (χ0v) is 46.2. The highest BCUT2D eigenvalue weighted by Crippen LogP contribution is 2.26. The van der Waals surface area contributed by atoms with Crippen LogP contribution in [-0.4, -0.2) is 89.2 Å². The average molecular weight is 1050 g/mol. The molecule has 6 unspecified atom stereocenters. The number of carbonyl (C=O) groups is 4. The molecular weight excluding hydrogens is 949 g/mol. The summed E-state index contributed by atoms with van der Waals surface area (Å²) in [5.74, 6) is -3.24. The molecule has 0 aromatic rings. The summed E-state index contributed by atoms with van der Waals surface area (Å²) in [6.45, 7) is 5.62. The smallest absolute Gasteiger partial charge is 0.335 e. The highest BCUT2D eigenvalue weighted by molar-refractivity contribution is 5.74. The monoisotopic (exact) mass is 1050 g/mol. The molecule has 0 aliphatic carbocycles. The molecule has 0 aromatic heterocycles. The van der Waals surface area contributed by atoms with E-state index in [1.165, 1.54) is 0 Å². The Hall–Kier alpha value is -4.88. The zero-order valence-electron chi connectivity index (χ0n) is 46.2. The Bertz CT molecular complexity index is 1770. The third kappa shape index (κ3) is 40.1. The van der Waals surface area contributed by atoms with Gasteiger partial charge in [-0.15, -0.1) is 0 Å². The Balaban J connectivity index is 2.75. The number of aliphatic carboxylic acids is 1. The second-order valence-electron chi connectivity index (χ2n) is 18.8. The molecule has 0 saturated carbocycles. The topological polar surface area (TPSA) is 175 Å². The van der Waals surface area contributed by atoms with Crippen LogP contribution in [0.2, 0.25) is 0 Å². The molecular formula is C63H98O12. The van der Waals surface area contributed by atoms with Crippen LogP contribution < -0.4 is 0 Å². The number of aliphatic hydroxyl groups is 2. The number of carbonyl (C=O) groups excluding carboxylic acids is 3. The highest BCUT2D eigenvalue weighted by Gasteiger charge is 2.50. The Morgan fingerprint density at radius 3 is 1.29 bits per heavy atom. The third-order valence-corrected chi connectivity index (χ3v) is 12.0. The van der Waals surface area contributed by atoms with Crippen molar-refractivity contribution in [3.63, 3.8) is 0 Å². The van der Waals surface area contributed by atoms with Gasteiger partial charge in [0.15, 0.2) is 24.6 Å². The molecule has 0 amide bonds. The number of carboxylic acid groups (broad SMARTS) is 1. The fourth-order valence-corrected chi connectivity index (χ4v) is 7.68. The van der Waals surface area contributed by atoms with E-state index < -0.39 is 67.3 Å². The number of allylic oxidation sites excluding steroid dienone is 20. The predicted octanol–water partition coefficient (Wildman–Crippen LogP) is 14.4. The summed E-state index contributed by atoms with van der Waals surface area (Å²) in [6.07, 6.45) is 56.1. The van der Waals surface area contributed by atoms with E-state index in [4.69, 9.17) is 23.7 Å². The van der Waals surface area contributed by atoms with Crippen molar-refractivity contribution in [1.82, 2.24) is 0 Å². The molecule has 0 aromatic carbocycles. The van der Waals surface area contributed by atoms with Crippen molar-refractivity contribution in [2.75, 3.05) is 13.2 Å². The van der Waals surface area contributed by atoms with E-state index in [0.29, 0.717) is 19.3 Å². The van der Waals surface area contributed by atoms with Crippen LogP contribution in [0.15, 0.2) is 122 Å². The molecule has 1 aliphatic rings. The van der Waals surface area contributed by atoms with Gasteiger partial charge < -0.3 is 39.0 Å². The molecule has 12 heteroatoms. The van der Waals surface area contributed by atoms with Crippen molar-refractivity contribution in [2.24, 2.45) is 0 Å². The van der Waals surface area contributed by atoms with E-state index >= 15 is 0 Å². The highest BCUT2D eigenvalue weighted by atomic mass is 16.7. The minimum atomic E-state index is -1.93. The average Bonchev–Trinajstić information content (AvgIpc) is 3.39. The first kappa shape index (κ1) is 68.1. The van der Waals surface area contributed by atoms with Crippen LogP contribution in [0.1, 0.15) is 201 Å². The predicted molar refractivity (Wildman–Crippen MR) is 303 cm³/mol. The molecule has 0 spiro atoms. The standard InChI is InChI=1S/C63H98O12/c1-4-7-10-13-16-19-22-25-26-27-28-29-30-33-34-37-40-43-46-49-55(64)71-52-54(73-56(65)50-47-44-41-38-35-31-23-20-17-14-11-8-5-2)53-72-63-61(59(68)58(67)60(75-63)62(69)70)74-57(66)51-48-45-42-39-36-32-24-21-18-15-12-9-6-3/h7,9-12,14,16,18-21,23,25-26,28-29,32-34,36,54,58-61,63,67-68H,4-6,8,13,15,17,22,24,27,30-31,35,37-53H2,1-3H3,(H,69,70)/b10-7-,12-9-,14-11-,19-16-,21-18-,23-20-,26-25-,29-28-,34-33-,36-32-. The number of hydrogen-bond donors (Lipinski definition) is 3. The van der Waals surface area contributed by atoms with Gasteiger partial charge in [0.2, 0.25) is 0 Å². The van der Waals surface area contributed by atoms with Crippen LogP contribution in [0.4, 0.5) is 0 Å². The molecule has 3 N–H and O–H groups in total. The molecule has 1 saturated heterocycles. The van der Waals surface area contributed by atoms with Crippen molar-refractivity contribution >= 4 is 23.9 Å². The minimum absolute atomic E-state index is 0.0136. The number of esters is 3. The summed E-state index contributed by atoms with van der Waals surface area (Å²) in [5, 5.41) is 31.4. The normalized spacial score (nSPS) is 19.1. The Morgan fingerprint density at radius 1 is 0.453 bits per heavy atom. The number of carboxylic acids is 1. The number of hydrogen-bond acceptors (Lipinski definition) is 11. The molecule has 6 atom stereocenters. The van der Waals surface area contributed by atoms with Crippen molar-refractivity contribution in [3.05, 3.63) is 122 Å². The molecule has 75 heavy (non-hydrogen) atoms. The Morgan fingerprint density at radius 2 is 0.840 bits per heavy atom. The molecule has 1 fully saturated rings. The van der Waals surface area contributed by atoms with E-state index in [2.05, 4.69) is 142 Å².